The van der Waals surface area contributed by atoms with E-state index < -0.39 is 5.41 Å². The van der Waals surface area contributed by atoms with Crippen LogP contribution < -0.4 is 4.74 Å². The summed E-state index contributed by atoms with van der Waals surface area (Å²) in [5, 5.41) is 3.42. The summed E-state index contributed by atoms with van der Waals surface area (Å²) in [6, 6.07) is 55.8. The summed E-state index contributed by atoms with van der Waals surface area (Å²) in [6.45, 7) is 0. The third-order valence-corrected chi connectivity index (χ3v) is 9.76. The van der Waals surface area contributed by atoms with Crippen molar-refractivity contribution in [2.75, 3.05) is 0 Å². The largest absolute Gasteiger partial charge is 0.457 e. The van der Waals surface area contributed by atoms with Crippen LogP contribution in [0.3, 0.4) is 0 Å². The van der Waals surface area contributed by atoms with Crippen LogP contribution in [0, 0.1) is 0 Å². The molecule has 1 unspecified atom stereocenters. The number of fused-ring (bicyclic) bond motifs is 7. The van der Waals surface area contributed by atoms with Gasteiger partial charge in [0.15, 0.2) is 5.82 Å². The van der Waals surface area contributed by atoms with Crippen molar-refractivity contribution in [3.05, 3.63) is 180 Å². The lowest BCUT2D eigenvalue weighted by atomic mass is 9.66. The highest BCUT2D eigenvalue weighted by molar-refractivity contribution is 6.03. The molecule has 214 valence electrons. The molecule has 0 amide bonds. The molecule has 2 aliphatic rings. The van der Waals surface area contributed by atoms with Crippen molar-refractivity contribution in [1.82, 2.24) is 9.97 Å². The Morgan fingerprint density at radius 3 is 2.02 bits per heavy atom. The van der Waals surface area contributed by atoms with E-state index in [9.17, 15) is 0 Å². The van der Waals surface area contributed by atoms with Gasteiger partial charge >= 0.3 is 0 Å². The number of rotatable bonds is 3. The van der Waals surface area contributed by atoms with Crippen LogP contribution in [-0.2, 0) is 5.41 Å². The second kappa shape index (κ2) is 9.47. The highest BCUT2D eigenvalue weighted by Gasteiger charge is 2.51. The van der Waals surface area contributed by atoms with Crippen molar-refractivity contribution in [3.8, 4) is 45.3 Å². The standard InChI is InChI=1S/C43H26N2O/c1-2-13-30-27(11-1)12-9-17-33(30)41-34-15-4-7-20-37(34)44-42(45-41)28-23-25-29(26-24-28)43-35-18-5-3-14-31(35)32-16-10-22-39(40(32)43)46-38-21-8-6-19-36(38)43/h1-26H. The molecule has 3 heteroatoms. The van der Waals surface area contributed by atoms with Crippen LogP contribution in [0.5, 0.6) is 11.5 Å². The average Bonchev–Trinajstić information content (AvgIpc) is 3.44. The van der Waals surface area contributed by atoms with Crippen LogP contribution in [0.15, 0.2) is 158 Å². The van der Waals surface area contributed by atoms with Gasteiger partial charge in [0.05, 0.1) is 16.6 Å². The van der Waals surface area contributed by atoms with Gasteiger partial charge in [0.1, 0.15) is 11.5 Å². The normalized spacial score (nSPS) is 15.7. The minimum atomic E-state index is -0.492. The van der Waals surface area contributed by atoms with Crippen LogP contribution in [0.1, 0.15) is 22.3 Å². The van der Waals surface area contributed by atoms with Gasteiger partial charge in [0.25, 0.3) is 0 Å². The maximum atomic E-state index is 6.55. The first kappa shape index (κ1) is 25.3. The fourth-order valence-corrected chi connectivity index (χ4v) is 7.84. The molecule has 0 N–H and O–H groups in total. The number of ether oxygens (including phenoxy) is 1. The molecular formula is C43H26N2O. The van der Waals surface area contributed by atoms with Crippen LogP contribution in [-0.4, -0.2) is 9.97 Å². The first-order valence-electron chi connectivity index (χ1n) is 15.7. The predicted molar refractivity (Wildman–Crippen MR) is 185 cm³/mol. The molecule has 0 bridgehead atoms. The van der Waals surface area contributed by atoms with E-state index in [4.69, 9.17) is 14.7 Å². The molecule has 0 fully saturated rings. The third kappa shape index (κ3) is 3.37. The number of hydrogen-bond donors (Lipinski definition) is 0. The Labute approximate surface area is 266 Å². The molecular weight excluding hydrogens is 560 g/mol. The van der Waals surface area contributed by atoms with E-state index in [0.29, 0.717) is 5.82 Å². The monoisotopic (exact) mass is 586 g/mol. The lowest BCUT2D eigenvalue weighted by Crippen LogP contribution is -2.31. The number of nitrogens with zero attached hydrogens (tertiary/aromatic N) is 2. The number of hydrogen-bond acceptors (Lipinski definition) is 3. The molecule has 3 nitrogen and oxygen atoms in total. The molecule has 1 aromatic heterocycles. The molecule has 1 aliphatic heterocycles. The zero-order valence-corrected chi connectivity index (χ0v) is 24.8. The quantitative estimate of drug-likeness (QED) is 0.207. The van der Waals surface area contributed by atoms with Gasteiger partial charge in [0.2, 0.25) is 0 Å². The van der Waals surface area contributed by atoms with E-state index in [0.717, 1.165) is 44.8 Å². The molecule has 0 saturated carbocycles. The van der Waals surface area contributed by atoms with E-state index in [1.54, 1.807) is 0 Å². The summed E-state index contributed by atoms with van der Waals surface area (Å²) in [5.41, 5.74) is 10.8. The Hall–Kier alpha value is -6.06. The van der Waals surface area contributed by atoms with Crippen molar-refractivity contribution >= 4 is 21.7 Å². The fourth-order valence-electron chi connectivity index (χ4n) is 7.84. The van der Waals surface area contributed by atoms with Crippen molar-refractivity contribution in [3.63, 3.8) is 0 Å². The maximum absolute atomic E-state index is 6.55. The lowest BCUT2D eigenvalue weighted by molar-refractivity contribution is 0.438. The molecule has 7 aromatic carbocycles. The Balaban J connectivity index is 1.19. The molecule has 1 aliphatic carbocycles. The highest BCUT2D eigenvalue weighted by atomic mass is 16.5. The summed E-state index contributed by atoms with van der Waals surface area (Å²) in [6.07, 6.45) is 0. The van der Waals surface area contributed by atoms with Gasteiger partial charge in [-0.3, -0.25) is 0 Å². The summed E-state index contributed by atoms with van der Waals surface area (Å²) in [7, 11) is 0. The average molecular weight is 587 g/mol. The number of para-hydroxylation sites is 2. The van der Waals surface area contributed by atoms with Gasteiger partial charge in [-0.25, -0.2) is 9.97 Å². The maximum Gasteiger partial charge on any atom is 0.160 e. The molecule has 0 saturated heterocycles. The second-order valence-corrected chi connectivity index (χ2v) is 12.1. The molecule has 1 atom stereocenters. The van der Waals surface area contributed by atoms with E-state index in [-0.39, 0.29) is 0 Å². The van der Waals surface area contributed by atoms with Gasteiger partial charge in [-0.2, -0.15) is 0 Å². The minimum absolute atomic E-state index is 0.492. The van der Waals surface area contributed by atoms with Gasteiger partial charge in [-0.1, -0.05) is 140 Å². The number of aromatic nitrogens is 2. The van der Waals surface area contributed by atoms with E-state index >= 15 is 0 Å². The van der Waals surface area contributed by atoms with Crippen molar-refractivity contribution in [2.45, 2.75) is 5.41 Å². The van der Waals surface area contributed by atoms with Crippen LogP contribution in [0.25, 0.3) is 55.4 Å². The smallest absolute Gasteiger partial charge is 0.160 e. The van der Waals surface area contributed by atoms with Gasteiger partial charge < -0.3 is 4.74 Å². The van der Waals surface area contributed by atoms with Gasteiger partial charge in [-0.05, 0) is 51.2 Å². The topological polar surface area (TPSA) is 35.0 Å². The zero-order chi connectivity index (χ0) is 30.2. The summed E-state index contributed by atoms with van der Waals surface area (Å²) < 4.78 is 6.55. The minimum Gasteiger partial charge on any atom is -0.457 e. The molecule has 10 rings (SSSR count). The summed E-state index contributed by atoms with van der Waals surface area (Å²) in [5.74, 6) is 2.52. The molecule has 46 heavy (non-hydrogen) atoms. The van der Waals surface area contributed by atoms with Crippen molar-refractivity contribution in [1.29, 1.82) is 0 Å². The third-order valence-electron chi connectivity index (χ3n) is 9.76. The highest BCUT2D eigenvalue weighted by Crippen LogP contribution is 2.63. The molecule has 0 radical (unpaired) electrons. The van der Waals surface area contributed by atoms with E-state index in [2.05, 4.69) is 152 Å². The van der Waals surface area contributed by atoms with Gasteiger partial charge in [0, 0.05) is 27.6 Å². The molecule has 0 spiro atoms. The zero-order valence-electron chi connectivity index (χ0n) is 24.8. The van der Waals surface area contributed by atoms with Crippen molar-refractivity contribution < 1.29 is 4.74 Å². The number of benzene rings is 7. The molecule has 8 aromatic rings. The Kier molecular flexibility index (Phi) is 5.20. The van der Waals surface area contributed by atoms with E-state index in [1.165, 1.54) is 38.6 Å². The van der Waals surface area contributed by atoms with Gasteiger partial charge in [-0.15, -0.1) is 0 Å². The Morgan fingerprint density at radius 2 is 1.11 bits per heavy atom. The first-order valence-corrected chi connectivity index (χ1v) is 15.7. The Bertz CT molecular complexity index is 2510. The lowest BCUT2D eigenvalue weighted by Gasteiger charge is -2.39. The van der Waals surface area contributed by atoms with Crippen molar-refractivity contribution in [2.24, 2.45) is 0 Å². The first-order chi connectivity index (χ1) is 22.8. The molecule has 2 heterocycles. The second-order valence-electron chi connectivity index (χ2n) is 12.1. The van der Waals surface area contributed by atoms with Crippen LogP contribution in [0.2, 0.25) is 0 Å². The van der Waals surface area contributed by atoms with Crippen LogP contribution in [0.4, 0.5) is 0 Å². The van der Waals surface area contributed by atoms with E-state index in [1.807, 2.05) is 6.07 Å². The fraction of sp³-hybridized carbons (Fsp3) is 0.0233. The SMILES string of the molecule is c1ccc2c(c1)Oc1cccc3c1C2(c1ccc(-c2nc(-c4cccc5ccccc45)c4ccccc4n2)cc1)c1ccccc1-3. The van der Waals surface area contributed by atoms with Crippen LogP contribution >= 0.6 is 0 Å². The predicted octanol–water partition coefficient (Wildman–Crippen LogP) is 10.6. The summed E-state index contributed by atoms with van der Waals surface area (Å²) in [4.78, 5) is 10.3. The Morgan fingerprint density at radius 1 is 0.457 bits per heavy atom. The summed E-state index contributed by atoms with van der Waals surface area (Å²) >= 11 is 0.